The van der Waals surface area contributed by atoms with Gasteiger partial charge in [0.05, 0.1) is 35.3 Å². The quantitative estimate of drug-likeness (QED) is 0.183. The number of hydrogen-bond acceptors (Lipinski definition) is 6. The summed E-state index contributed by atoms with van der Waals surface area (Å²) in [6.07, 6.45) is 3.12. The molecule has 36 heavy (non-hydrogen) atoms. The minimum Gasteiger partial charge on any atom is -0.494 e. The molecule has 5 rings (SSSR count). The van der Waals surface area contributed by atoms with Crippen LogP contribution < -0.4 is 9.47 Å². The lowest BCUT2D eigenvalue weighted by Gasteiger charge is -2.04. The molecule has 2 aromatic heterocycles. The molecule has 0 spiro atoms. The SMILES string of the molecule is OCCCCOc1ccc2nc(-c3ccc(-c4nc5ccc(OCCCCO)cc5[nH]4)cc3)[nH]c2c1. The van der Waals surface area contributed by atoms with E-state index >= 15 is 0 Å². The summed E-state index contributed by atoms with van der Waals surface area (Å²) >= 11 is 0. The molecule has 3 aromatic carbocycles. The molecular weight excluding hydrogens is 456 g/mol. The zero-order valence-corrected chi connectivity index (χ0v) is 20.0. The van der Waals surface area contributed by atoms with E-state index in [0.29, 0.717) is 13.2 Å². The van der Waals surface area contributed by atoms with E-state index in [4.69, 9.17) is 29.7 Å². The van der Waals surface area contributed by atoms with Gasteiger partial charge in [-0.2, -0.15) is 0 Å². The van der Waals surface area contributed by atoms with Crippen molar-refractivity contribution in [1.82, 2.24) is 19.9 Å². The molecular formula is C28H30N4O4. The zero-order chi connectivity index (χ0) is 24.7. The van der Waals surface area contributed by atoms with Crippen molar-refractivity contribution in [3.05, 3.63) is 60.7 Å². The fourth-order valence-electron chi connectivity index (χ4n) is 4.02. The molecule has 0 amide bonds. The highest BCUT2D eigenvalue weighted by atomic mass is 16.5. The van der Waals surface area contributed by atoms with E-state index in [1.807, 2.05) is 60.7 Å². The van der Waals surface area contributed by atoms with Crippen molar-refractivity contribution in [2.45, 2.75) is 25.7 Å². The van der Waals surface area contributed by atoms with Crippen LogP contribution in [-0.4, -0.2) is 56.6 Å². The van der Waals surface area contributed by atoms with Crippen LogP contribution in [0.3, 0.4) is 0 Å². The predicted octanol–water partition coefficient (Wildman–Crippen LogP) is 5.08. The molecule has 0 aliphatic rings. The second-order valence-corrected chi connectivity index (χ2v) is 8.66. The minimum atomic E-state index is 0.185. The monoisotopic (exact) mass is 486 g/mol. The standard InChI is InChI=1S/C28H30N4O4/c33-13-1-3-15-35-21-9-11-23-25(17-21)31-27(29-23)19-5-7-20(8-6-19)28-30-24-12-10-22(18-26(24)32-28)36-16-4-2-14-34/h5-12,17-18,33-34H,1-4,13-16H2,(H,29,31)(H,30,32). The molecule has 0 radical (unpaired) electrons. The summed E-state index contributed by atoms with van der Waals surface area (Å²) in [7, 11) is 0. The smallest absolute Gasteiger partial charge is 0.138 e. The molecule has 4 N–H and O–H groups in total. The molecule has 0 atom stereocenters. The third kappa shape index (κ3) is 5.50. The van der Waals surface area contributed by atoms with E-state index in [1.165, 1.54) is 0 Å². The summed E-state index contributed by atoms with van der Waals surface area (Å²) in [5.41, 5.74) is 5.55. The summed E-state index contributed by atoms with van der Waals surface area (Å²) < 4.78 is 11.5. The van der Waals surface area contributed by atoms with Gasteiger partial charge >= 0.3 is 0 Å². The average Bonchev–Trinajstić information content (AvgIpc) is 3.53. The number of nitrogens with zero attached hydrogens (tertiary/aromatic N) is 2. The van der Waals surface area contributed by atoms with Crippen molar-refractivity contribution in [3.63, 3.8) is 0 Å². The molecule has 8 heteroatoms. The first-order valence-corrected chi connectivity index (χ1v) is 12.3. The maximum Gasteiger partial charge on any atom is 0.138 e. The third-order valence-electron chi connectivity index (χ3n) is 5.98. The molecule has 0 aliphatic heterocycles. The van der Waals surface area contributed by atoms with Crippen LogP contribution in [0.15, 0.2) is 60.7 Å². The number of aromatic nitrogens is 4. The van der Waals surface area contributed by atoms with Gasteiger partial charge in [0, 0.05) is 36.5 Å². The molecule has 0 aliphatic carbocycles. The Hall–Kier alpha value is -3.88. The number of benzene rings is 3. The fraction of sp³-hybridized carbons (Fsp3) is 0.286. The first kappa shape index (κ1) is 23.8. The lowest BCUT2D eigenvalue weighted by atomic mass is 10.1. The summed E-state index contributed by atoms with van der Waals surface area (Å²) in [6.45, 7) is 1.53. The predicted molar refractivity (Wildman–Crippen MR) is 140 cm³/mol. The third-order valence-corrected chi connectivity index (χ3v) is 5.98. The minimum absolute atomic E-state index is 0.185. The molecule has 5 aromatic rings. The number of aromatic amines is 2. The molecule has 0 bridgehead atoms. The van der Waals surface area contributed by atoms with E-state index in [0.717, 1.165) is 82.0 Å². The van der Waals surface area contributed by atoms with E-state index < -0.39 is 0 Å². The Morgan fingerprint density at radius 2 is 1.03 bits per heavy atom. The van der Waals surface area contributed by atoms with Crippen molar-refractivity contribution < 1.29 is 19.7 Å². The Labute approximate surface area is 209 Å². The Kier molecular flexibility index (Phi) is 7.44. The molecule has 186 valence electrons. The van der Waals surface area contributed by atoms with Crippen LogP contribution in [0, 0.1) is 0 Å². The van der Waals surface area contributed by atoms with Gasteiger partial charge in [0.2, 0.25) is 0 Å². The maximum atomic E-state index is 8.90. The number of nitrogens with one attached hydrogen (secondary N) is 2. The summed E-state index contributed by atoms with van der Waals surface area (Å²) in [6, 6.07) is 19.8. The normalized spacial score (nSPS) is 11.4. The van der Waals surface area contributed by atoms with Crippen LogP contribution in [0.1, 0.15) is 25.7 Å². The second-order valence-electron chi connectivity index (χ2n) is 8.66. The summed E-state index contributed by atoms with van der Waals surface area (Å²) in [4.78, 5) is 16.2. The van der Waals surface area contributed by atoms with Gasteiger partial charge in [-0.05, 0) is 49.9 Å². The molecule has 2 heterocycles. The zero-order valence-electron chi connectivity index (χ0n) is 20.0. The van der Waals surface area contributed by atoms with E-state index in [9.17, 15) is 0 Å². The number of aliphatic hydroxyl groups is 2. The van der Waals surface area contributed by atoms with Crippen molar-refractivity contribution in [2.75, 3.05) is 26.4 Å². The molecule has 0 fully saturated rings. The number of ether oxygens (including phenoxy) is 2. The van der Waals surface area contributed by atoms with Crippen LogP contribution in [0.4, 0.5) is 0 Å². The Balaban J connectivity index is 1.29. The van der Waals surface area contributed by atoms with Crippen molar-refractivity contribution in [3.8, 4) is 34.3 Å². The molecule has 8 nitrogen and oxygen atoms in total. The van der Waals surface area contributed by atoms with E-state index in [1.54, 1.807) is 0 Å². The van der Waals surface area contributed by atoms with Crippen LogP contribution in [0.5, 0.6) is 11.5 Å². The maximum absolute atomic E-state index is 8.90. The summed E-state index contributed by atoms with van der Waals surface area (Å²) in [5.74, 6) is 3.16. The highest BCUT2D eigenvalue weighted by molar-refractivity contribution is 5.82. The van der Waals surface area contributed by atoms with Crippen LogP contribution >= 0.6 is 0 Å². The molecule has 0 saturated heterocycles. The highest BCUT2D eigenvalue weighted by Crippen LogP contribution is 2.28. The number of H-pyrrole nitrogens is 2. The topological polar surface area (TPSA) is 116 Å². The lowest BCUT2D eigenvalue weighted by molar-refractivity contribution is 0.253. The second kappa shape index (κ2) is 11.2. The molecule has 0 saturated carbocycles. The fourth-order valence-corrected chi connectivity index (χ4v) is 4.02. The number of unbranched alkanes of at least 4 members (excludes halogenated alkanes) is 2. The van der Waals surface area contributed by atoms with Gasteiger partial charge in [0.15, 0.2) is 0 Å². The Morgan fingerprint density at radius 3 is 1.44 bits per heavy atom. The number of hydrogen-bond donors (Lipinski definition) is 4. The average molecular weight is 487 g/mol. The first-order valence-electron chi connectivity index (χ1n) is 12.3. The van der Waals surface area contributed by atoms with Crippen molar-refractivity contribution >= 4 is 22.1 Å². The van der Waals surface area contributed by atoms with Crippen LogP contribution in [0.2, 0.25) is 0 Å². The van der Waals surface area contributed by atoms with Gasteiger partial charge in [-0.25, -0.2) is 9.97 Å². The van der Waals surface area contributed by atoms with Gasteiger partial charge in [0.25, 0.3) is 0 Å². The van der Waals surface area contributed by atoms with Gasteiger partial charge < -0.3 is 29.7 Å². The number of fused-ring (bicyclic) bond motifs is 2. The molecule has 0 unspecified atom stereocenters. The first-order chi connectivity index (χ1) is 17.7. The number of rotatable bonds is 12. The van der Waals surface area contributed by atoms with Gasteiger partial charge in [0.1, 0.15) is 23.1 Å². The summed E-state index contributed by atoms with van der Waals surface area (Å²) in [5, 5.41) is 17.8. The van der Waals surface area contributed by atoms with Crippen molar-refractivity contribution in [2.24, 2.45) is 0 Å². The van der Waals surface area contributed by atoms with Gasteiger partial charge in [-0.15, -0.1) is 0 Å². The largest absolute Gasteiger partial charge is 0.494 e. The highest BCUT2D eigenvalue weighted by Gasteiger charge is 2.10. The number of imidazole rings is 2. The van der Waals surface area contributed by atoms with Crippen LogP contribution in [-0.2, 0) is 0 Å². The number of aliphatic hydroxyl groups excluding tert-OH is 2. The van der Waals surface area contributed by atoms with E-state index in [-0.39, 0.29) is 13.2 Å². The Morgan fingerprint density at radius 1 is 0.583 bits per heavy atom. The van der Waals surface area contributed by atoms with Crippen LogP contribution in [0.25, 0.3) is 44.8 Å². The lowest BCUT2D eigenvalue weighted by Crippen LogP contribution is -1.98. The van der Waals surface area contributed by atoms with E-state index in [2.05, 4.69) is 9.97 Å². The van der Waals surface area contributed by atoms with Gasteiger partial charge in [-0.3, -0.25) is 0 Å². The van der Waals surface area contributed by atoms with Crippen molar-refractivity contribution in [1.29, 1.82) is 0 Å². The van der Waals surface area contributed by atoms with Gasteiger partial charge in [-0.1, -0.05) is 24.3 Å². The Bertz CT molecular complexity index is 1320.